The number of aromatic carboxylic acids is 1. The number of carboxylic acids is 1. The van der Waals surface area contributed by atoms with Crippen molar-refractivity contribution in [2.75, 3.05) is 0 Å². The quantitative estimate of drug-likeness (QED) is 0.878. The van der Waals surface area contributed by atoms with Crippen LogP contribution in [0.2, 0.25) is 0 Å². The van der Waals surface area contributed by atoms with Crippen molar-refractivity contribution in [1.82, 2.24) is 5.16 Å². The monoisotopic (exact) mass is 273 g/mol. The van der Waals surface area contributed by atoms with Crippen LogP contribution in [0.1, 0.15) is 40.0 Å². The Hall–Kier alpha value is -2.30. The van der Waals surface area contributed by atoms with Gasteiger partial charge < -0.3 is 14.7 Å². The summed E-state index contributed by atoms with van der Waals surface area (Å²) in [6, 6.07) is 3.07. The number of hydrogen-bond donors (Lipinski definition) is 2. The molecular weight excluding hydrogens is 258 g/mol. The van der Waals surface area contributed by atoms with Gasteiger partial charge in [0.1, 0.15) is 5.75 Å². The summed E-state index contributed by atoms with van der Waals surface area (Å²) in [6.07, 6.45) is 4.04. The van der Waals surface area contributed by atoms with Gasteiger partial charge in [0.2, 0.25) is 0 Å². The lowest BCUT2D eigenvalue weighted by Gasteiger charge is -2.21. The van der Waals surface area contributed by atoms with Crippen molar-refractivity contribution in [3.05, 3.63) is 34.5 Å². The predicted octanol–water partition coefficient (Wildman–Crippen LogP) is 2.93. The van der Waals surface area contributed by atoms with Gasteiger partial charge in [-0.05, 0) is 55.4 Å². The zero-order valence-electron chi connectivity index (χ0n) is 11.1. The summed E-state index contributed by atoms with van der Waals surface area (Å²) in [5, 5.41) is 22.6. The number of rotatable bonds is 2. The molecule has 0 spiro atoms. The minimum atomic E-state index is -1.14. The first-order chi connectivity index (χ1) is 9.58. The number of aromatic hydroxyl groups is 1. The Balaban J connectivity index is 2.19. The largest absolute Gasteiger partial charge is 0.507 e. The number of phenolic OH excluding ortho intramolecular Hbond substituents is 1. The van der Waals surface area contributed by atoms with Crippen molar-refractivity contribution in [1.29, 1.82) is 0 Å². The van der Waals surface area contributed by atoms with E-state index in [1.807, 2.05) is 6.92 Å². The molecule has 3 rings (SSSR count). The Kier molecular flexibility index (Phi) is 2.97. The van der Waals surface area contributed by atoms with Gasteiger partial charge in [0, 0.05) is 6.07 Å². The van der Waals surface area contributed by atoms with Gasteiger partial charge in [0.05, 0.1) is 5.56 Å². The minimum Gasteiger partial charge on any atom is -0.507 e. The second-order valence-electron chi connectivity index (χ2n) is 5.13. The molecule has 0 atom stereocenters. The molecule has 5 heteroatoms. The fourth-order valence-electron chi connectivity index (χ4n) is 2.90. The van der Waals surface area contributed by atoms with Gasteiger partial charge >= 0.3 is 5.97 Å². The second kappa shape index (κ2) is 4.67. The van der Waals surface area contributed by atoms with Crippen LogP contribution in [0.4, 0.5) is 0 Å². The van der Waals surface area contributed by atoms with Crippen LogP contribution in [0.3, 0.4) is 0 Å². The Morgan fingerprint density at radius 2 is 1.95 bits per heavy atom. The Labute approximate surface area is 115 Å². The normalized spacial score (nSPS) is 14.1. The van der Waals surface area contributed by atoms with Crippen LogP contribution < -0.4 is 0 Å². The third-order valence-corrected chi connectivity index (χ3v) is 3.83. The molecule has 0 aliphatic heterocycles. The van der Waals surface area contributed by atoms with E-state index in [4.69, 9.17) is 9.63 Å². The number of benzene rings is 1. The average molecular weight is 273 g/mol. The van der Waals surface area contributed by atoms with Crippen LogP contribution in [0.25, 0.3) is 11.3 Å². The van der Waals surface area contributed by atoms with Crippen molar-refractivity contribution < 1.29 is 19.5 Å². The first-order valence-corrected chi connectivity index (χ1v) is 6.62. The van der Waals surface area contributed by atoms with Crippen LogP contribution >= 0.6 is 0 Å². The number of phenols is 1. The van der Waals surface area contributed by atoms with Gasteiger partial charge in [0.15, 0.2) is 11.5 Å². The third-order valence-electron chi connectivity index (χ3n) is 3.83. The molecule has 0 bridgehead atoms. The SMILES string of the molecule is Cc1cc(O)c(-c2cc(C(=O)O)no2)c2c1CCCC2. The number of hydrogen-bond acceptors (Lipinski definition) is 4. The molecule has 20 heavy (non-hydrogen) atoms. The zero-order chi connectivity index (χ0) is 14.3. The molecule has 0 amide bonds. The molecule has 0 unspecified atom stereocenters. The zero-order valence-corrected chi connectivity index (χ0v) is 11.1. The van der Waals surface area contributed by atoms with E-state index in [9.17, 15) is 9.90 Å². The first-order valence-electron chi connectivity index (χ1n) is 6.62. The van der Waals surface area contributed by atoms with E-state index in [1.54, 1.807) is 6.07 Å². The minimum absolute atomic E-state index is 0.122. The fourth-order valence-corrected chi connectivity index (χ4v) is 2.90. The molecule has 1 aromatic carbocycles. The number of nitrogens with zero attached hydrogens (tertiary/aromatic N) is 1. The van der Waals surface area contributed by atoms with E-state index in [0.29, 0.717) is 11.3 Å². The maximum absolute atomic E-state index is 10.9. The van der Waals surface area contributed by atoms with Crippen LogP contribution in [0.15, 0.2) is 16.7 Å². The van der Waals surface area contributed by atoms with Gasteiger partial charge in [0.25, 0.3) is 0 Å². The Morgan fingerprint density at radius 1 is 1.25 bits per heavy atom. The van der Waals surface area contributed by atoms with Crippen molar-refractivity contribution in [3.63, 3.8) is 0 Å². The van der Waals surface area contributed by atoms with E-state index in [1.165, 1.54) is 11.6 Å². The summed E-state index contributed by atoms with van der Waals surface area (Å²) in [4.78, 5) is 10.9. The first kappa shape index (κ1) is 12.7. The van der Waals surface area contributed by atoms with Crippen LogP contribution in [-0.4, -0.2) is 21.3 Å². The third kappa shape index (κ3) is 1.95. The van der Waals surface area contributed by atoms with Crippen molar-refractivity contribution in [2.24, 2.45) is 0 Å². The average Bonchev–Trinajstić information content (AvgIpc) is 2.88. The highest BCUT2D eigenvalue weighted by Gasteiger charge is 2.23. The Bertz CT molecular complexity index is 687. The smallest absolute Gasteiger partial charge is 0.358 e. The molecule has 0 saturated carbocycles. The number of fused-ring (bicyclic) bond motifs is 1. The van der Waals surface area contributed by atoms with Crippen LogP contribution in [0.5, 0.6) is 5.75 Å². The van der Waals surface area contributed by atoms with E-state index in [0.717, 1.165) is 36.8 Å². The molecule has 1 aliphatic carbocycles. The van der Waals surface area contributed by atoms with Crippen LogP contribution in [0, 0.1) is 6.92 Å². The predicted molar refractivity (Wildman–Crippen MR) is 71.9 cm³/mol. The van der Waals surface area contributed by atoms with Gasteiger partial charge in [-0.25, -0.2) is 4.79 Å². The van der Waals surface area contributed by atoms with E-state index in [2.05, 4.69) is 5.16 Å². The molecule has 5 nitrogen and oxygen atoms in total. The molecule has 0 fully saturated rings. The van der Waals surface area contributed by atoms with Gasteiger partial charge in [-0.15, -0.1) is 0 Å². The van der Waals surface area contributed by atoms with Gasteiger partial charge in [-0.1, -0.05) is 5.16 Å². The highest BCUT2D eigenvalue weighted by molar-refractivity contribution is 5.87. The molecule has 1 aromatic heterocycles. The topological polar surface area (TPSA) is 83.6 Å². The fraction of sp³-hybridized carbons (Fsp3) is 0.333. The van der Waals surface area contributed by atoms with E-state index < -0.39 is 5.97 Å². The lowest BCUT2D eigenvalue weighted by Crippen LogP contribution is -2.06. The molecule has 2 aromatic rings. The number of carbonyl (C=O) groups is 1. The summed E-state index contributed by atoms with van der Waals surface area (Å²) in [5.41, 5.74) is 3.80. The Morgan fingerprint density at radius 3 is 2.60 bits per heavy atom. The van der Waals surface area contributed by atoms with E-state index in [-0.39, 0.29) is 11.4 Å². The van der Waals surface area contributed by atoms with Crippen molar-refractivity contribution in [2.45, 2.75) is 32.6 Å². The maximum atomic E-state index is 10.9. The lowest BCUT2D eigenvalue weighted by atomic mass is 9.84. The molecular formula is C15H15NO4. The summed E-state index contributed by atoms with van der Waals surface area (Å²) >= 11 is 0. The summed E-state index contributed by atoms with van der Waals surface area (Å²) in [7, 11) is 0. The van der Waals surface area contributed by atoms with Gasteiger partial charge in [-0.3, -0.25) is 0 Å². The molecule has 0 radical (unpaired) electrons. The highest BCUT2D eigenvalue weighted by atomic mass is 16.5. The second-order valence-corrected chi connectivity index (χ2v) is 5.13. The van der Waals surface area contributed by atoms with E-state index >= 15 is 0 Å². The number of carboxylic acid groups (broad SMARTS) is 1. The highest BCUT2D eigenvalue weighted by Crippen LogP contribution is 2.40. The van der Waals surface area contributed by atoms with Crippen LogP contribution in [-0.2, 0) is 12.8 Å². The molecule has 0 saturated heterocycles. The standard InChI is InChI=1S/C15H15NO4/c1-8-6-12(17)14(10-5-3-2-4-9(8)10)13-7-11(15(18)19)16-20-13/h6-7,17H,2-5H2,1H3,(H,18,19). The molecule has 2 N–H and O–H groups in total. The molecule has 1 heterocycles. The maximum Gasteiger partial charge on any atom is 0.358 e. The summed E-state index contributed by atoms with van der Waals surface area (Å²) in [5.74, 6) is -0.699. The summed E-state index contributed by atoms with van der Waals surface area (Å²) in [6.45, 7) is 1.98. The molecule has 104 valence electrons. The van der Waals surface area contributed by atoms with Crippen molar-refractivity contribution >= 4 is 5.97 Å². The van der Waals surface area contributed by atoms with Gasteiger partial charge in [-0.2, -0.15) is 0 Å². The summed E-state index contributed by atoms with van der Waals surface area (Å²) < 4.78 is 5.11. The number of aryl methyl sites for hydroxylation is 1. The van der Waals surface area contributed by atoms with Crippen molar-refractivity contribution in [3.8, 4) is 17.1 Å². The number of aromatic nitrogens is 1. The lowest BCUT2D eigenvalue weighted by molar-refractivity contribution is 0.0686. The molecule has 1 aliphatic rings.